The Labute approximate surface area is 208 Å². The second-order valence-electron chi connectivity index (χ2n) is 10.8. The maximum atomic E-state index is 11.5. The van der Waals surface area contributed by atoms with Crippen molar-refractivity contribution < 1.29 is 14.6 Å². The minimum atomic E-state index is -0.430. The molecule has 3 atom stereocenters. The second kappa shape index (κ2) is 9.70. The van der Waals surface area contributed by atoms with E-state index in [1.165, 1.54) is 23.8 Å². The molecule has 0 saturated carbocycles. The highest BCUT2D eigenvalue weighted by atomic mass is 16.5. The van der Waals surface area contributed by atoms with Gasteiger partial charge in [0.15, 0.2) is 0 Å². The summed E-state index contributed by atoms with van der Waals surface area (Å²) in [5.74, 6) is 1.06. The standard InChI is InChI=1S/C28H38N4O3/c1-18-4-7-25-26(12-18)31-28(30-25,16-19(2)33)23-8-10-32(11-9-23)17-20-13-21-5-6-24(15-22(21)14-20)29-27(34)35-3/h4-7,12,15,19-20,23,30-31,33H,8-11,13-14,16-17H2,1-3H3,(H,29,34)/t19?,20-,28?/m1/s1. The number of carbonyl (C=O) groups is 1. The molecular weight excluding hydrogens is 440 g/mol. The van der Waals surface area contributed by atoms with Crippen molar-refractivity contribution in [1.82, 2.24) is 4.90 Å². The van der Waals surface area contributed by atoms with E-state index in [4.69, 9.17) is 4.74 Å². The third kappa shape index (κ3) is 5.11. The number of amides is 1. The average Bonchev–Trinajstić information content (AvgIpc) is 3.39. The largest absolute Gasteiger partial charge is 0.453 e. The maximum absolute atomic E-state index is 11.5. The van der Waals surface area contributed by atoms with E-state index in [9.17, 15) is 9.90 Å². The van der Waals surface area contributed by atoms with E-state index in [0.29, 0.717) is 18.3 Å². The van der Waals surface area contributed by atoms with Crippen molar-refractivity contribution >= 4 is 23.2 Å². The molecule has 2 heterocycles. The monoisotopic (exact) mass is 478 g/mol. The first kappa shape index (κ1) is 23.9. The van der Waals surface area contributed by atoms with Crippen LogP contribution in [0.2, 0.25) is 0 Å². The Morgan fingerprint density at radius 3 is 2.63 bits per heavy atom. The second-order valence-corrected chi connectivity index (χ2v) is 10.8. The topological polar surface area (TPSA) is 85.9 Å². The summed E-state index contributed by atoms with van der Waals surface area (Å²) in [6, 6.07) is 12.7. The van der Waals surface area contributed by atoms with Gasteiger partial charge in [0, 0.05) is 24.6 Å². The lowest BCUT2D eigenvalue weighted by atomic mass is 9.81. The Morgan fingerprint density at radius 1 is 1.14 bits per heavy atom. The molecule has 0 bridgehead atoms. The number of ether oxygens (including phenoxy) is 1. The highest BCUT2D eigenvalue weighted by Gasteiger charge is 2.45. The Kier molecular flexibility index (Phi) is 6.64. The molecule has 1 fully saturated rings. The molecule has 2 aliphatic heterocycles. The number of nitrogens with zero attached hydrogens (tertiary/aromatic N) is 1. The van der Waals surface area contributed by atoms with Crippen LogP contribution in [-0.4, -0.2) is 54.6 Å². The van der Waals surface area contributed by atoms with Gasteiger partial charge < -0.3 is 25.4 Å². The highest BCUT2D eigenvalue weighted by molar-refractivity contribution is 5.84. The molecule has 0 spiro atoms. The van der Waals surface area contributed by atoms with Crippen LogP contribution in [0.25, 0.3) is 0 Å². The summed E-state index contributed by atoms with van der Waals surface area (Å²) in [6.07, 6.45) is 4.23. The number of carbonyl (C=O) groups excluding carboxylic acids is 1. The zero-order valence-corrected chi connectivity index (χ0v) is 21.1. The zero-order chi connectivity index (χ0) is 24.6. The lowest BCUT2D eigenvalue weighted by molar-refractivity contribution is 0.0987. The molecule has 2 aromatic carbocycles. The highest BCUT2D eigenvalue weighted by Crippen LogP contribution is 2.44. The zero-order valence-electron chi connectivity index (χ0n) is 21.1. The molecule has 2 unspecified atom stereocenters. The van der Waals surface area contributed by atoms with Crippen LogP contribution in [0, 0.1) is 18.8 Å². The summed E-state index contributed by atoms with van der Waals surface area (Å²) in [7, 11) is 1.38. The van der Waals surface area contributed by atoms with Crippen LogP contribution in [0.5, 0.6) is 0 Å². The summed E-state index contributed by atoms with van der Waals surface area (Å²) in [4.78, 5) is 14.1. The Morgan fingerprint density at radius 2 is 1.89 bits per heavy atom. The molecule has 0 aromatic heterocycles. The number of methoxy groups -OCH3 is 1. The molecule has 1 aliphatic carbocycles. The number of aliphatic hydroxyl groups is 1. The van der Waals surface area contributed by atoms with Crippen molar-refractivity contribution in [3.05, 3.63) is 53.1 Å². The van der Waals surface area contributed by atoms with E-state index >= 15 is 0 Å². The van der Waals surface area contributed by atoms with Crippen molar-refractivity contribution in [1.29, 1.82) is 0 Å². The molecule has 2 aromatic rings. The van der Waals surface area contributed by atoms with E-state index in [2.05, 4.69) is 58.1 Å². The molecule has 4 N–H and O–H groups in total. The number of hydrogen-bond acceptors (Lipinski definition) is 6. The first-order chi connectivity index (χ1) is 16.8. The number of aliphatic hydroxyl groups excluding tert-OH is 1. The summed E-state index contributed by atoms with van der Waals surface area (Å²) >= 11 is 0. The smallest absolute Gasteiger partial charge is 0.411 e. The normalized spacial score (nSPS) is 24.7. The molecular formula is C28H38N4O3. The van der Waals surface area contributed by atoms with Crippen molar-refractivity contribution in [2.45, 2.75) is 57.7 Å². The van der Waals surface area contributed by atoms with Gasteiger partial charge in [-0.25, -0.2) is 4.79 Å². The quantitative estimate of drug-likeness (QED) is 0.485. The molecule has 7 heteroatoms. The predicted molar refractivity (Wildman–Crippen MR) is 140 cm³/mol. The van der Waals surface area contributed by atoms with E-state index in [1.54, 1.807) is 0 Å². The number of piperidine rings is 1. The van der Waals surface area contributed by atoms with E-state index in [1.807, 2.05) is 13.0 Å². The molecule has 1 amide bonds. The average molecular weight is 479 g/mol. The first-order valence-corrected chi connectivity index (χ1v) is 12.9. The molecule has 188 valence electrons. The number of anilines is 3. The Bertz CT molecular complexity index is 1080. The number of aryl methyl sites for hydroxylation is 1. The maximum Gasteiger partial charge on any atom is 0.411 e. The number of fused-ring (bicyclic) bond motifs is 2. The number of benzene rings is 2. The molecule has 1 saturated heterocycles. The van der Waals surface area contributed by atoms with Crippen LogP contribution in [-0.2, 0) is 17.6 Å². The minimum Gasteiger partial charge on any atom is -0.453 e. The van der Waals surface area contributed by atoms with Crippen LogP contribution in [0.15, 0.2) is 36.4 Å². The fourth-order valence-corrected chi connectivity index (χ4v) is 6.38. The number of rotatable bonds is 6. The van der Waals surface area contributed by atoms with Gasteiger partial charge in [-0.3, -0.25) is 5.32 Å². The van der Waals surface area contributed by atoms with Gasteiger partial charge in [-0.15, -0.1) is 0 Å². The number of likely N-dealkylation sites (tertiary alicyclic amines) is 1. The van der Waals surface area contributed by atoms with Gasteiger partial charge in [0.05, 0.1) is 24.6 Å². The fraction of sp³-hybridized carbons (Fsp3) is 0.536. The van der Waals surface area contributed by atoms with E-state index < -0.39 is 6.09 Å². The van der Waals surface area contributed by atoms with Gasteiger partial charge in [0.25, 0.3) is 0 Å². The van der Waals surface area contributed by atoms with Crippen LogP contribution < -0.4 is 16.0 Å². The van der Waals surface area contributed by atoms with Crippen LogP contribution in [0.1, 0.15) is 42.9 Å². The lowest BCUT2D eigenvalue weighted by Crippen LogP contribution is -2.54. The first-order valence-electron chi connectivity index (χ1n) is 12.9. The molecule has 35 heavy (non-hydrogen) atoms. The Balaban J connectivity index is 1.18. The van der Waals surface area contributed by atoms with Crippen LogP contribution >= 0.6 is 0 Å². The van der Waals surface area contributed by atoms with Crippen molar-refractivity contribution in [3.63, 3.8) is 0 Å². The van der Waals surface area contributed by atoms with Gasteiger partial charge in [-0.1, -0.05) is 12.1 Å². The number of nitrogens with one attached hydrogen (secondary N) is 3. The predicted octanol–water partition coefficient (Wildman–Crippen LogP) is 4.60. The minimum absolute atomic E-state index is 0.289. The van der Waals surface area contributed by atoms with Crippen LogP contribution in [0.3, 0.4) is 0 Å². The summed E-state index contributed by atoms with van der Waals surface area (Å²) in [5, 5.41) is 20.7. The molecule has 7 nitrogen and oxygen atoms in total. The van der Waals surface area contributed by atoms with Crippen molar-refractivity contribution in [3.8, 4) is 0 Å². The summed E-state index contributed by atoms with van der Waals surface area (Å²) in [5.41, 5.74) is 6.77. The van der Waals surface area contributed by atoms with Gasteiger partial charge in [0.1, 0.15) is 5.66 Å². The third-order valence-electron chi connectivity index (χ3n) is 7.96. The summed E-state index contributed by atoms with van der Waals surface area (Å²) < 4.78 is 4.71. The Hall–Kier alpha value is -2.77. The van der Waals surface area contributed by atoms with Gasteiger partial charge in [-0.05, 0) is 99.5 Å². The van der Waals surface area contributed by atoms with Gasteiger partial charge in [-0.2, -0.15) is 0 Å². The fourth-order valence-electron chi connectivity index (χ4n) is 6.38. The van der Waals surface area contributed by atoms with Crippen molar-refractivity contribution in [2.75, 3.05) is 42.7 Å². The lowest BCUT2D eigenvalue weighted by Gasteiger charge is -2.44. The summed E-state index contributed by atoms with van der Waals surface area (Å²) in [6.45, 7) is 7.26. The van der Waals surface area contributed by atoms with E-state index in [-0.39, 0.29) is 11.8 Å². The molecule has 5 rings (SSSR count). The SMILES string of the molecule is COC(=O)Nc1ccc2c(c1)C[C@H](CN1CCC(C3(CC(C)O)Nc4ccc(C)cc4N3)CC1)C2. The van der Waals surface area contributed by atoms with Crippen molar-refractivity contribution in [2.24, 2.45) is 11.8 Å². The van der Waals surface area contributed by atoms with Gasteiger partial charge in [0.2, 0.25) is 0 Å². The third-order valence-corrected chi connectivity index (χ3v) is 7.96. The number of hydrogen-bond donors (Lipinski definition) is 4. The van der Waals surface area contributed by atoms with E-state index in [0.717, 1.165) is 62.4 Å². The van der Waals surface area contributed by atoms with Crippen LogP contribution in [0.4, 0.5) is 21.9 Å². The molecule has 3 aliphatic rings. The van der Waals surface area contributed by atoms with Gasteiger partial charge >= 0.3 is 6.09 Å². The molecule has 0 radical (unpaired) electrons.